The Hall–Kier alpha value is -1.11. The molecule has 15 heavy (non-hydrogen) atoms. The van der Waals surface area contributed by atoms with Crippen LogP contribution in [0.3, 0.4) is 0 Å². The van der Waals surface area contributed by atoms with Crippen LogP contribution in [0.5, 0.6) is 5.75 Å². The van der Waals surface area contributed by atoms with Crippen LogP contribution in [0, 0.1) is 12.3 Å². The minimum absolute atomic E-state index is 0.638. The topological polar surface area (TPSA) is 21.3 Å². The van der Waals surface area contributed by atoms with E-state index in [1.165, 1.54) is 4.90 Å². The van der Waals surface area contributed by atoms with E-state index in [1.807, 2.05) is 18.2 Å². The highest BCUT2D eigenvalue weighted by Gasteiger charge is 1.95. The van der Waals surface area contributed by atoms with Gasteiger partial charge in [-0.05, 0) is 18.2 Å². The molecule has 0 radical (unpaired) electrons. The van der Waals surface area contributed by atoms with Gasteiger partial charge in [-0.3, -0.25) is 0 Å². The molecule has 80 valence electrons. The molecule has 3 heteroatoms. The second-order valence-electron chi connectivity index (χ2n) is 2.91. The molecule has 0 aliphatic heterocycles. The van der Waals surface area contributed by atoms with Crippen molar-refractivity contribution in [3.05, 3.63) is 24.3 Å². The Morgan fingerprint density at radius 1 is 1.53 bits per heavy atom. The molecule has 0 atom stereocenters. The number of nitrogens with one attached hydrogen (secondary N) is 1. The summed E-state index contributed by atoms with van der Waals surface area (Å²) in [7, 11) is 1.68. The Morgan fingerprint density at radius 3 is 3.13 bits per heavy atom. The molecule has 0 amide bonds. The number of ether oxygens (including phenoxy) is 1. The van der Waals surface area contributed by atoms with Crippen molar-refractivity contribution in [1.29, 1.82) is 0 Å². The minimum Gasteiger partial charge on any atom is -0.497 e. The molecule has 0 spiro atoms. The van der Waals surface area contributed by atoms with Crippen LogP contribution in [0.1, 0.15) is 0 Å². The molecule has 1 N–H and O–H groups in total. The van der Waals surface area contributed by atoms with E-state index in [2.05, 4.69) is 17.3 Å². The summed E-state index contributed by atoms with van der Waals surface area (Å²) in [5.41, 5.74) is 0. The van der Waals surface area contributed by atoms with Gasteiger partial charge in [0.25, 0.3) is 0 Å². The molecule has 0 fully saturated rings. The summed E-state index contributed by atoms with van der Waals surface area (Å²) < 4.78 is 5.14. The van der Waals surface area contributed by atoms with Gasteiger partial charge in [-0.2, -0.15) is 0 Å². The van der Waals surface area contributed by atoms with Crippen LogP contribution >= 0.6 is 11.8 Å². The zero-order valence-corrected chi connectivity index (χ0v) is 9.64. The standard InChI is InChI=1S/C12H15NOS/c1-3-7-13-8-9-15-12-6-4-5-11(10-12)14-2/h1,4-6,10,13H,7-9H2,2H3. The summed E-state index contributed by atoms with van der Waals surface area (Å²) >= 11 is 1.79. The molecule has 1 aromatic carbocycles. The third kappa shape index (κ3) is 4.78. The summed E-state index contributed by atoms with van der Waals surface area (Å²) in [4.78, 5) is 1.22. The first-order valence-corrected chi connectivity index (χ1v) is 5.76. The predicted octanol–water partition coefficient (Wildman–Crippen LogP) is 2.01. The number of benzene rings is 1. The van der Waals surface area contributed by atoms with Gasteiger partial charge in [-0.1, -0.05) is 12.0 Å². The Labute approximate surface area is 95.4 Å². The Balaban J connectivity index is 2.28. The lowest BCUT2D eigenvalue weighted by molar-refractivity contribution is 0.413. The monoisotopic (exact) mass is 221 g/mol. The van der Waals surface area contributed by atoms with Gasteiger partial charge < -0.3 is 10.1 Å². The molecule has 0 aromatic heterocycles. The number of hydrogen-bond donors (Lipinski definition) is 1. The highest BCUT2D eigenvalue weighted by atomic mass is 32.2. The van der Waals surface area contributed by atoms with Crippen LogP contribution in [0.15, 0.2) is 29.2 Å². The van der Waals surface area contributed by atoms with Gasteiger partial charge in [-0.25, -0.2) is 0 Å². The van der Waals surface area contributed by atoms with Crippen LogP contribution in [-0.4, -0.2) is 26.0 Å². The van der Waals surface area contributed by atoms with E-state index in [4.69, 9.17) is 11.2 Å². The van der Waals surface area contributed by atoms with Crippen molar-refractivity contribution in [2.24, 2.45) is 0 Å². The fraction of sp³-hybridized carbons (Fsp3) is 0.333. The number of terminal acetylenes is 1. The minimum atomic E-state index is 0.638. The number of hydrogen-bond acceptors (Lipinski definition) is 3. The highest BCUT2D eigenvalue weighted by molar-refractivity contribution is 7.99. The summed E-state index contributed by atoms with van der Waals surface area (Å²) in [5.74, 6) is 4.45. The summed E-state index contributed by atoms with van der Waals surface area (Å²) in [6, 6.07) is 8.05. The van der Waals surface area contributed by atoms with Gasteiger partial charge in [0.2, 0.25) is 0 Å². The highest BCUT2D eigenvalue weighted by Crippen LogP contribution is 2.22. The predicted molar refractivity (Wildman–Crippen MR) is 65.4 cm³/mol. The van der Waals surface area contributed by atoms with E-state index in [9.17, 15) is 0 Å². The van der Waals surface area contributed by atoms with Crippen molar-refractivity contribution >= 4 is 11.8 Å². The van der Waals surface area contributed by atoms with Crippen molar-refractivity contribution in [3.8, 4) is 18.1 Å². The largest absolute Gasteiger partial charge is 0.497 e. The van der Waals surface area contributed by atoms with Crippen molar-refractivity contribution < 1.29 is 4.74 Å². The van der Waals surface area contributed by atoms with Crippen LogP contribution < -0.4 is 10.1 Å². The molecular formula is C12H15NOS. The van der Waals surface area contributed by atoms with E-state index in [0.717, 1.165) is 18.0 Å². The zero-order valence-electron chi connectivity index (χ0n) is 8.82. The molecular weight excluding hydrogens is 206 g/mol. The zero-order chi connectivity index (χ0) is 10.9. The molecule has 1 aromatic rings. The molecule has 0 bridgehead atoms. The summed E-state index contributed by atoms with van der Waals surface area (Å²) in [5, 5.41) is 3.15. The average molecular weight is 221 g/mol. The normalized spacial score (nSPS) is 9.60. The van der Waals surface area contributed by atoms with Gasteiger partial charge in [0, 0.05) is 17.2 Å². The fourth-order valence-electron chi connectivity index (χ4n) is 1.09. The first-order valence-electron chi connectivity index (χ1n) is 4.78. The Bertz CT molecular complexity index is 333. The van der Waals surface area contributed by atoms with E-state index >= 15 is 0 Å². The first-order chi connectivity index (χ1) is 7.36. The maximum atomic E-state index is 5.14. The molecule has 0 heterocycles. The van der Waals surface area contributed by atoms with Gasteiger partial charge >= 0.3 is 0 Å². The maximum Gasteiger partial charge on any atom is 0.119 e. The molecule has 0 saturated heterocycles. The van der Waals surface area contributed by atoms with E-state index in [0.29, 0.717) is 6.54 Å². The first kappa shape index (κ1) is 12.0. The molecule has 0 unspecified atom stereocenters. The van der Waals surface area contributed by atoms with Gasteiger partial charge in [0.1, 0.15) is 5.75 Å². The van der Waals surface area contributed by atoms with E-state index in [-0.39, 0.29) is 0 Å². The van der Waals surface area contributed by atoms with Crippen LogP contribution in [0.2, 0.25) is 0 Å². The van der Waals surface area contributed by atoms with E-state index < -0.39 is 0 Å². The van der Waals surface area contributed by atoms with Crippen LogP contribution in [0.25, 0.3) is 0 Å². The van der Waals surface area contributed by atoms with Crippen LogP contribution in [-0.2, 0) is 0 Å². The molecule has 0 saturated carbocycles. The second-order valence-corrected chi connectivity index (χ2v) is 4.08. The van der Waals surface area contributed by atoms with Gasteiger partial charge in [0.15, 0.2) is 0 Å². The second kappa shape index (κ2) is 7.22. The lowest BCUT2D eigenvalue weighted by Crippen LogP contribution is -2.16. The summed E-state index contributed by atoms with van der Waals surface area (Å²) in [6.07, 6.45) is 5.12. The smallest absolute Gasteiger partial charge is 0.119 e. The van der Waals surface area contributed by atoms with Crippen molar-refractivity contribution in [2.45, 2.75) is 4.90 Å². The SMILES string of the molecule is C#CCNCCSc1cccc(OC)c1. The van der Waals surface area contributed by atoms with Gasteiger partial charge in [-0.15, -0.1) is 18.2 Å². The number of rotatable bonds is 6. The lowest BCUT2D eigenvalue weighted by Gasteiger charge is -2.04. The van der Waals surface area contributed by atoms with Crippen molar-refractivity contribution in [2.75, 3.05) is 26.0 Å². The average Bonchev–Trinajstić information content (AvgIpc) is 2.29. The number of methoxy groups -OCH3 is 1. The van der Waals surface area contributed by atoms with Crippen molar-refractivity contribution in [3.63, 3.8) is 0 Å². The van der Waals surface area contributed by atoms with Crippen LogP contribution in [0.4, 0.5) is 0 Å². The summed E-state index contributed by atoms with van der Waals surface area (Å²) in [6.45, 7) is 1.56. The van der Waals surface area contributed by atoms with E-state index in [1.54, 1.807) is 18.9 Å². The van der Waals surface area contributed by atoms with Crippen molar-refractivity contribution in [1.82, 2.24) is 5.32 Å². The maximum absolute atomic E-state index is 5.14. The molecule has 0 aliphatic rings. The third-order valence-corrected chi connectivity index (χ3v) is 2.81. The third-order valence-electron chi connectivity index (χ3n) is 1.82. The Kier molecular flexibility index (Phi) is 5.76. The molecule has 2 nitrogen and oxygen atoms in total. The van der Waals surface area contributed by atoms with Gasteiger partial charge in [0.05, 0.1) is 13.7 Å². The quantitative estimate of drug-likeness (QED) is 0.451. The fourth-order valence-corrected chi connectivity index (χ4v) is 1.95. The Morgan fingerprint density at radius 2 is 2.40 bits per heavy atom. The number of thioether (sulfide) groups is 1. The molecule has 1 rings (SSSR count). The molecule has 0 aliphatic carbocycles. The lowest BCUT2D eigenvalue weighted by atomic mass is 10.3.